The molecule has 54 heavy (non-hydrogen) atoms. The van der Waals surface area contributed by atoms with Crippen LogP contribution in [-0.4, -0.2) is 0 Å². The van der Waals surface area contributed by atoms with E-state index in [1.54, 1.807) is 0 Å². The van der Waals surface area contributed by atoms with Gasteiger partial charge in [0.1, 0.15) is 11.2 Å². The van der Waals surface area contributed by atoms with E-state index in [4.69, 9.17) is 4.42 Å². The van der Waals surface area contributed by atoms with Crippen LogP contribution in [-0.2, 0) is 0 Å². The Morgan fingerprint density at radius 2 is 0.852 bits per heavy atom. The summed E-state index contributed by atoms with van der Waals surface area (Å²) in [4.78, 5) is 2.35. The van der Waals surface area contributed by atoms with Crippen molar-refractivity contribution in [2.75, 3.05) is 4.90 Å². The van der Waals surface area contributed by atoms with E-state index >= 15 is 0 Å². The molecule has 0 spiro atoms. The molecule has 2 heteroatoms. The molecule has 0 saturated heterocycles. The highest BCUT2D eigenvalue weighted by atomic mass is 16.3. The third kappa shape index (κ3) is 5.62. The van der Waals surface area contributed by atoms with Gasteiger partial charge < -0.3 is 9.32 Å². The lowest BCUT2D eigenvalue weighted by Gasteiger charge is -2.28. The summed E-state index contributed by atoms with van der Waals surface area (Å²) in [5, 5.41) is 4.57. The Kier molecular flexibility index (Phi) is 7.85. The van der Waals surface area contributed by atoms with Gasteiger partial charge in [-0.15, -0.1) is 0 Å². The lowest BCUT2D eigenvalue weighted by molar-refractivity contribution is 0.670. The standard InChI is InChI=1S/C52H35NO/c1-4-14-36(15-5-1)38-24-26-41(27-25-38)51-46-22-11-10-20-42(46)34-48-47-33-32-44(35-50(47)54-52(48)51)53(43-30-28-39(29-31-43)37-16-6-2-7-17-37)49-23-13-12-21-45(49)40-18-8-3-9-19-40/h1-35H. The molecule has 0 aliphatic carbocycles. The van der Waals surface area contributed by atoms with E-state index in [0.29, 0.717) is 0 Å². The van der Waals surface area contributed by atoms with Crippen molar-refractivity contribution in [2.24, 2.45) is 0 Å². The minimum absolute atomic E-state index is 0.850. The predicted molar refractivity (Wildman–Crippen MR) is 228 cm³/mol. The van der Waals surface area contributed by atoms with Crippen LogP contribution >= 0.6 is 0 Å². The van der Waals surface area contributed by atoms with Crippen LogP contribution in [0.3, 0.4) is 0 Å². The number of hydrogen-bond donors (Lipinski definition) is 0. The minimum Gasteiger partial charge on any atom is -0.455 e. The molecule has 254 valence electrons. The topological polar surface area (TPSA) is 16.4 Å². The van der Waals surface area contributed by atoms with Crippen molar-refractivity contribution in [2.45, 2.75) is 0 Å². The summed E-state index contributed by atoms with van der Waals surface area (Å²) in [6.45, 7) is 0. The lowest BCUT2D eigenvalue weighted by atomic mass is 9.94. The van der Waals surface area contributed by atoms with E-state index in [9.17, 15) is 0 Å². The zero-order valence-electron chi connectivity index (χ0n) is 29.6. The molecule has 2 nitrogen and oxygen atoms in total. The van der Waals surface area contributed by atoms with Crippen LogP contribution in [0, 0.1) is 0 Å². The Labute approximate surface area is 314 Å². The number of nitrogens with zero attached hydrogens (tertiary/aromatic N) is 1. The van der Waals surface area contributed by atoms with Gasteiger partial charge in [0.05, 0.1) is 5.69 Å². The first-order valence-corrected chi connectivity index (χ1v) is 18.4. The third-order valence-corrected chi connectivity index (χ3v) is 10.5. The second-order valence-corrected chi connectivity index (χ2v) is 13.7. The molecule has 10 rings (SSSR count). The van der Waals surface area contributed by atoms with Crippen molar-refractivity contribution in [3.8, 4) is 44.5 Å². The maximum atomic E-state index is 6.99. The zero-order valence-corrected chi connectivity index (χ0v) is 29.6. The summed E-state index contributed by atoms with van der Waals surface area (Å²) in [6.07, 6.45) is 0. The van der Waals surface area contributed by atoms with Crippen molar-refractivity contribution in [1.82, 2.24) is 0 Å². The molecular weight excluding hydrogens is 655 g/mol. The molecule has 10 aromatic rings. The van der Waals surface area contributed by atoms with Gasteiger partial charge in [-0.2, -0.15) is 0 Å². The molecule has 0 atom stereocenters. The predicted octanol–water partition coefficient (Wildman–Crippen LogP) is 14.9. The van der Waals surface area contributed by atoms with E-state index in [1.807, 2.05) is 0 Å². The monoisotopic (exact) mass is 689 g/mol. The molecule has 0 aliphatic heterocycles. The SMILES string of the molecule is c1ccc(-c2ccc(-c3c4ccccc4cc4c3oc3cc(N(c5ccc(-c6ccccc6)cc5)c5ccccc5-c5ccccc5)ccc34)cc2)cc1. The number of fused-ring (bicyclic) bond motifs is 4. The van der Waals surface area contributed by atoms with Crippen LogP contribution in [0.1, 0.15) is 0 Å². The largest absolute Gasteiger partial charge is 0.455 e. The van der Waals surface area contributed by atoms with Gasteiger partial charge in [0.2, 0.25) is 0 Å². The van der Waals surface area contributed by atoms with Crippen LogP contribution in [0.25, 0.3) is 77.2 Å². The van der Waals surface area contributed by atoms with E-state index in [-0.39, 0.29) is 0 Å². The van der Waals surface area contributed by atoms with Crippen molar-refractivity contribution in [3.05, 3.63) is 212 Å². The number of para-hydroxylation sites is 1. The molecule has 0 amide bonds. The summed E-state index contributed by atoms with van der Waals surface area (Å²) >= 11 is 0. The fourth-order valence-electron chi connectivity index (χ4n) is 7.84. The molecule has 0 radical (unpaired) electrons. The Hall–Kier alpha value is -7.16. The van der Waals surface area contributed by atoms with Crippen molar-refractivity contribution < 1.29 is 4.42 Å². The number of furan rings is 1. The van der Waals surface area contributed by atoms with Gasteiger partial charge in [0, 0.05) is 39.3 Å². The van der Waals surface area contributed by atoms with Gasteiger partial charge >= 0.3 is 0 Å². The van der Waals surface area contributed by atoms with E-state index < -0.39 is 0 Å². The highest BCUT2D eigenvalue weighted by Gasteiger charge is 2.21. The fourth-order valence-corrected chi connectivity index (χ4v) is 7.84. The molecule has 0 saturated carbocycles. The van der Waals surface area contributed by atoms with Gasteiger partial charge in [-0.3, -0.25) is 0 Å². The Balaban J connectivity index is 1.15. The summed E-state index contributed by atoms with van der Waals surface area (Å²) < 4.78 is 6.99. The maximum absolute atomic E-state index is 6.99. The Bertz CT molecular complexity index is 2890. The van der Waals surface area contributed by atoms with Crippen LogP contribution < -0.4 is 4.90 Å². The summed E-state index contributed by atoms with van der Waals surface area (Å²) in [6, 6.07) is 75.6. The summed E-state index contributed by atoms with van der Waals surface area (Å²) in [5.41, 5.74) is 14.3. The smallest absolute Gasteiger partial charge is 0.143 e. The number of rotatable bonds is 7. The first-order valence-electron chi connectivity index (χ1n) is 18.4. The average Bonchev–Trinajstić information content (AvgIpc) is 3.61. The zero-order chi connectivity index (χ0) is 35.8. The van der Waals surface area contributed by atoms with Crippen molar-refractivity contribution in [3.63, 3.8) is 0 Å². The maximum Gasteiger partial charge on any atom is 0.143 e. The number of hydrogen-bond acceptors (Lipinski definition) is 2. The molecule has 0 aliphatic rings. The Morgan fingerprint density at radius 1 is 0.333 bits per heavy atom. The first kappa shape index (κ1) is 31.6. The minimum atomic E-state index is 0.850. The quantitative estimate of drug-likeness (QED) is 0.166. The van der Waals surface area contributed by atoms with Gasteiger partial charge in [-0.05, 0) is 80.6 Å². The first-order chi connectivity index (χ1) is 26.8. The normalized spacial score (nSPS) is 11.3. The average molecular weight is 690 g/mol. The molecule has 0 unspecified atom stereocenters. The second-order valence-electron chi connectivity index (χ2n) is 13.7. The van der Waals surface area contributed by atoms with E-state index in [0.717, 1.165) is 55.7 Å². The molecule has 0 bridgehead atoms. The fraction of sp³-hybridized carbons (Fsp3) is 0. The van der Waals surface area contributed by atoms with Gasteiger partial charge in [-0.25, -0.2) is 0 Å². The lowest BCUT2D eigenvalue weighted by Crippen LogP contribution is -2.11. The van der Waals surface area contributed by atoms with Gasteiger partial charge in [0.15, 0.2) is 0 Å². The molecule has 1 heterocycles. The molecule has 0 N–H and O–H groups in total. The number of anilines is 3. The van der Waals surface area contributed by atoms with Gasteiger partial charge in [0.25, 0.3) is 0 Å². The van der Waals surface area contributed by atoms with Crippen molar-refractivity contribution >= 4 is 49.8 Å². The molecule has 9 aromatic carbocycles. The van der Waals surface area contributed by atoms with Crippen LogP contribution in [0.15, 0.2) is 217 Å². The van der Waals surface area contributed by atoms with Crippen molar-refractivity contribution in [1.29, 1.82) is 0 Å². The second kappa shape index (κ2) is 13.4. The highest BCUT2D eigenvalue weighted by molar-refractivity contribution is 6.18. The molecule has 0 fully saturated rings. The highest BCUT2D eigenvalue weighted by Crippen LogP contribution is 2.45. The van der Waals surface area contributed by atoms with Crippen LogP contribution in [0.2, 0.25) is 0 Å². The summed E-state index contributed by atoms with van der Waals surface area (Å²) in [5.74, 6) is 0. The molecular formula is C52H35NO. The number of benzene rings is 9. The van der Waals surface area contributed by atoms with Crippen LogP contribution in [0.5, 0.6) is 0 Å². The Morgan fingerprint density at radius 3 is 1.54 bits per heavy atom. The molecule has 1 aromatic heterocycles. The third-order valence-electron chi connectivity index (χ3n) is 10.5. The van der Waals surface area contributed by atoms with Crippen LogP contribution in [0.4, 0.5) is 17.1 Å². The van der Waals surface area contributed by atoms with E-state index in [1.165, 1.54) is 38.6 Å². The van der Waals surface area contributed by atoms with Gasteiger partial charge in [-0.1, -0.05) is 170 Å². The van der Waals surface area contributed by atoms with E-state index in [2.05, 4.69) is 217 Å². The summed E-state index contributed by atoms with van der Waals surface area (Å²) in [7, 11) is 0.